The zero-order chi connectivity index (χ0) is 29.5. The number of methoxy groups -OCH3 is 1. The number of carbonyl (C=O) groups excluding carboxylic acids is 1. The quantitative estimate of drug-likeness (QED) is 0.336. The van der Waals surface area contributed by atoms with Crippen LogP contribution in [0.3, 0.4) is 0 Å². The Kier molecular flexibility index (Phi) is 7.62. The molecule has 3 N–H and O–H groups in total. The van der Waals surface area contributed by atoms with Crippen LogP contribution in [0.5, 0.6) is 5.75 Å². The highest BCUT2D eigenvalue weighted by Crippen LogP contribution is 2.37. The van der Waals surface area contributed by atoms with E-state index in [-0.39, 0.29) is 41.2 Å². The highest BCUT2D eigenvalue weighted by atomic mass is 19.4. The highest BCUT2D eigenvalue weighted by Gasteiger charge is 2.40. The maximum Gasteiger partial charge on any atom is 0.433 e. The predicted octanol–water partition coefficient (Wildman–Crippen LogP) is 4.19. The third kappa shape index (κ3) is 5.20. The van der Waals surface area contributed by atoms with E-state index in [9.17, 15) is 23.1 Å². The molecule has 0 unspecified atom stereocenters. The van der Waals surface area contributed by atoms with Crippen LogP contribution >= 0.6 is 0 Å². The van der Waals surface area contributed by atoms with Crippen LogP contribution in [0.15, 0.2) is 54.7 Å². The Morgan fingerprint density at radius 3 is 2.49 bits per heavy atom. The Hall–Kier alpha value is -4.16. The Bertz CT molecular complexity index is 1570. The van der Waals surface area contributed by atoms with Crippen LogP contribution in [-0.2, 0) is 6.18 Å². The minimum Gasteiger partial charge on any atom is -0.497 e. The lowest BCUT2D eigenvalue weighted by Gasteiger charge is -2.43. The minimum atomic E-state index is -4.74. The van der Waals surface area contributed by atoms with E-state index in [2.05, 4.69) is 15.0 Å². The van der Waals surface area contributed by atoms with Gasteiger partial charge in [-0.3, -0.25) is 9.69 Å². The lowest BCUT2D eigenvalue weighted by Crippen LogP contribution is -2.55. The summed E-state index contributed by atoms with van der Waals surface area (Å²) in [6, 6.07) is 13.2. The molecule has 3 heterocycles. The Morgan fingerprint density at radius 1 is 1.17 bits per heavy atom. The van der Waals surface area contributed by atoms with Crippen LogP contribution in [0.4, 0.5) is 18.9 Å². The van der Waals surface area contributed by atoms with E-state index in [1.807, 2.05) is 25.1 Å². The number of ether oxygens (including phenoxy) is 1. The van der Waals surface area contributed by atoms with Crippen LogP contribution in [0, 0.1) is 6.92 Å². The Morgan fingerprint density at radius 2 is 1.88 bits per heavy atom. The van der Waals surface area contributed by atoms with Gasteiger partial charge in [0.25, 0.3) is 5.91 Å². The monoisotopic (exact) mass is 568 g/mol. The van der Waals surface area contributed by atoms with Crippen LogP contribution in [-0.4, -0.2) is 74.8 Å². The van der Waals surface area contributed by atoms with Crippen molar-refractivity contribution in [2.75, 3.05) is 39.1 Å². The molecule has 9 nitrogen and oxygen atoms in total. The van der Waals surface area contributed by atoms with Crippen molar-refractivity contribution in [3.8, 4) is 17.0 Å². The average Bonchev–Trinajstić information content (AvgIpc) is 3.36. The number of hydrogen-bond donors (Lipinski definition) is 2. The topological polar surface area (TPSA) is 109 Å². The third-order valence-corrected chi connectivity index (χ3v) is 7.63. The lowest BCUT2D eigenvalue weighted by atomic mass is 10.0. The molecular formula is C29H31F3N6O3. The molecule has 1 amide bonds. The molecule has 0 spiro atoms. The van der Waals surface area contributed by atoms with Crippen molar-refractivity contribution < 1.29 is 27.8 Å². The number of aromatic nitrogens is 3. The van der Waals surface area contributed by atoms with Gasteiger partial charge in [-0.15, -0.1) is 0 Å². The first-order valence-electron chi connectivity index (χ1n) is 13.1. The summed E-state index contributed by atoms with van der Waals surface area (Å²) in [4.78, 5) is 22.0. The van der Waals surface area contributed by atoms with Crippen molar-refractivity contribution in [1.82, 2.24) is 24.4 Å². The summed E-state index contributed by atoms with van der Waals surface area (Å²) in [6.07, 6.45) is -3.59. The maximum absolute atomic E-state index is 14.3. The fourth-order valence-electron chi connectivity index (χ4n) is 5.54. The van der Waals surface area contributed by atoms with Crippen LogP contribution in [0.2, 0.25) is 0 Å². The van der Waals surface area contributed by atoms with Gasteiger partial charge in [0.05, 0.1) is 31.6 Å². The van der Waals surface area contributed by atoms with Gasteiger partial charge in [-0.05, 0) is 49.7 Å². The molecule has 0 bridgehead atoms. The summed E-state index contributed by atoms with van der Waals surface area (Å²) in [7, 11) is 1.50. The molecule has 1 aliphatic rings. The summed E-state index contributed by atoms with van der Waals surface area (Å²) >= 11 is 0. The molecule has 1 fully saturated rings. The second kappa shape index (κ2) is 11.0. The van der Waals surface area contributed by atoms with Crippen molar-refractivity contribution in [2.45, 2.75) is 32.1 Å². The number of benzene rings is 2. The predicted molar refractivity (Wildman–Crippen MR) is 147 cm³/mol. The van der Waals surface area contributed by atoms with Gasteiger partial charge in [-0.1, -0.05) is 18.2 Å². The summed E-state index contributed by atoms with van der Waals surface area (Å²) < 4.78 is 48.8. The maximum atomic E-state index is 14.3. The zero-order valence-corrected chi connectivity index (χ0v) is 22.9. The molecule has 0 aliphatic carbocycles. The van der Waals surface area contributed by atoms with Gasteiger partial charge in [0.15, 0.2) is 11.3 Å². The second-order valence-corrected chi connectivity index (χ2v) is 10.1. The van der Waals surface area contributed by atoms with Gasteiger partial charge >= 0.3 is 6.18 Å². The van der Waals surface area contributed by atoms with Crippen molar-refractivity contribution in [3.63, 3.8) is 0 Å². The number of piperazine rings is 1. The van der Waals surface area contributed by atoms with Crippen molar-refractivity contribution >= 4 is 17.2 Å². The third-order valence-electron chi connectivity index (χ3n) is 7.63. The number of carbonyl (C=O) groups is 1. The van der Waals surface area contributed by atoms with E-state index < -0.39 is 17.8 Å². The molecule has 12 heteroatoms. The summed E-state index contributed by atoms with van der Waals surface area (Å²) in [6.45, 7) is 4.22. The standard InChI is InChI=1S/C29H31F3N6O3/c1-17-15-36(24(16-39)21-6-4-5-7-23(21)33)12-13-37(17)28(40)22-14-34-38-26(29(30,31)32)18(2)25(35-27(22)38)19-8-10-20(41-3)11-9-19/h4-11,14,17,24,39H,12-13,15-16,33H2,1-3H3/t17-,24+/m1/s1. The summed E-state index contributed by atoms with van der Waals surface area (Å²) in [5.74, 6) is 0.0901. The molecule has 4 aromatic rings. The molecule has 2 aromatic carbocycles. The molecule has 1 aliphatic heterocycles. The van der Waals surface area contributed by atoms with Crippen molar-refractivity contribution in [3.05, 3.63) is 77.1 Å². The molecule has 2 atom stereocenters. The van der Waals surface area contributed by atoms with E-state index in [0.717, 1.165) is 11.8 Å². The smallest absolute Gasteiger partial charge is 0.433 e. The van der Waals surface area contributed by atoms with Gasteiger partial charge in [-0.25, -0.2) is 9.50 Å². The number of hydrogen-bond acceptors (Lipinski definition) is 7. The number of nitrogens with zero attached hydrogens (tertiary/aromatic N) is 5. The number of aliphatic hydroxyl groups excluding tert-OH is 1. The number of nitrogen functional groups attached to an aromatic ring is 1. The Labute approximate surface area is 235 Å². The fraction of sp³-hybridized carbons (Fsp3) is 0.345. The number of anilines is 1. The van der Waals surface area contributed by atoms with Crippen LogP contribution in [0.1, 0.15) is 40.1 Å². The summed E-state index contributed by atoms with van der Waals surface area (Å²) in [5, 5.41) is 14.1. The molecule has 5 rings (SSSR count). The first-order chi connectivity index (χ1) is 19.5. The molecule has 41 heavy (non-hydrogen) atoms. The Balaban J connectivity index is 1.49. The molecular weight excluding hydrogens is 537 g/mol. The second-order valence-electron chi connectivity index (χ2n) is 10.1. The normalized spacial score (nSPS) is 17.1. The fourth-order valence-corrected chi connectivity index (χ4v) is 5.54. The molecule has 0 radical (unpaired) electrons. The highest BCUT2D eigenvalue weighted by molar-refractivity contribution is 6.00. The first kappa shape index (κ1) is 28.4. The van der Waals surface area contributed by atoms with Gasteiger partial charge in [0.2, 0.25) is 0 Å². The lowest BCUT2D eigenvalue weighted by molar-refractivity contribution is -0.143. The number of rotatable bonds is 6. The van der Waals surface area contributed by atoms with E-state index in [1.54, 1.807) is 35.2 Å². The number of aliphatic hydroxyl groups is 1. The van der Waals surface area contributed by atoms with Crippen molar-refractivity contribution in [2.24, 2.45) is 0 Å². The number of alkyl halides is 3. The number of amides is 1. The summed E-state index contributed by atoms with van der Waals surface area (Å²) in [5.41, 5.74) is 6.80. The number of nitrogens with two attached hydrogens (primary N) is 1. The largest absolute Gasteiger partial charge is 0.497 e. The van der Waals surface area contributed by atoms with Crippen LogP contribution in [0.25, 0.3) is 16.9 Å². The molecule has 216 valence electrons. The van der Waals surface area contributed by atoms with Gasteiger partial charge < -0.3 is 20.5 Å². The number of halogens is 3. The SMILES string of the molecule is COc1ccc(-c2nc3c(C(=O)N4CCN([C@@H](CO)c5ccccc5N)C[C@H]4C)cnn3c(C(F)(F)F)c2C)cc1. The van der Waals surface area contributed by atoms with Gasteiger partial charge in [-0.2, -0.15) is 18.3 Å². The van der Waals surface area contributed by atoms with E-state index in [1.165, 1.54) is 14.0 Å². The van der Waals surface area contributed by atoms with E-state index in [4.69, 9.17) is 10.5 Å². The van der Waals surface area contributed by atoms with Crippen molar-refractivity contribution in [1.29, 1.82) is 0 Å². The average molecular weight is 569 g/mol. The molecule has 0 saturated carbocycles. The van der Waals surface area contributed by atoms with Crippen LogP contribution < -0.4 is 10.5 Å². The van der Waals surface area contributed by atoms with Gasteiger partial charge in [0, 0.05) is 42.5 Å². The molecule has 2 aromatic heterocycles. The number of fused-ring (bicyclic) bond motifs is 1. The van der Waals surface area contributed by atoms with E-state index in [0.29, 0.717) is 41.2 Å². The van der Waals surface area contributed by atoms with E-state index >= 15 is 0 Å². The number of para-hydroxylation sites is 1. The minimum absolute atomic E-state index is 0.0171. The first-order valence-corrected chi connectivity index (χ1v) is 13.1. The molecule has 1 saturated heterocycles. The zero-order valence-electron chi connectivity index (χ0n) is 22.9. The van der Waals surface area contributed by atoms with Gasteiger partial charge in [0.1, 0.15) is 11.3 Å².